The third-order valence-corrected chi connectivity index (χ3v) is 2.73. The normalized spacial score (nSPS) is 11.4. The summed E-state index contributed by atoms with van der Waals surface area (Å²) in [6.45, 7) is 0.970. The SMILES string of the molecule is O=C/C=C/c1cn(CCCO)c2ccccc12. The molecule has 1 heterocycles. The van der Waals surface area contributed by atoms with Gasteiger partial charge in [-0.05, 0) is 24.6 Å². The van der Waals surface area contributed by atoms with Gasteiger partial charge in [-0.2, -0.15) is 0 Å². The highest BCUT2D eigenvalue weighted by atomic mass is 16.3. The Morgan fingerprint density at radius 2 is 2.12 bits per heavy atom. The molecule has 0 spiro atoms. The van der Waals surface area contributed by atoms with Gasteiger partial charge in [0.2, 0.25) is 0 Å². The summed E-state index contributed by atoms with van der Waals surface area (Å²) < 4.78 is 2.11. The Bertz CT molecular complexity index is 540. The maximum atomic E-state index is 10.4. The van der Waals surface area contributed by atoms with E-state index in [2.05, 4.69) is 4.57 Å². The number of hydrogen-bond donors (Lipinski definition) is 1. The number of aromatic nitrogens is 1. The van der Waals surface area contributed by atoms with Crippen LogP contribution in [0.25, 0.3) is 17.0 Å². The zero-order valence-corrected chi connectivity index (χ0v) is 9.54. The van der Waals surface area contributed by atoms with Gasteiger partial charge < -0.3 is 9.67 Å². The van der Waals surface area contributed by atoms with Gasteiger partial charge in [0.25, 0.3) is 0 Å². The minimum Gasteiger partial charge on any atom is -0.396 e. The van der Waals surface area contributed by atoms with Crippen molar-refractivity contribution in [1.82, 2.24) is 4.57 Å². The number of rotatable bonds is 5. The summed E-state index contributed by atoms with van der Waals surface area (Å²) in [7, 11) is 0. The second-order valence-corrected chi connectivity index (χ2v) is 3.87. The number of para-hydroxylation sites is 1. The van der Waals surface area contributed by atoms with Crippen LogP contribution in [0, 0.1) is 0 Å². The minimum absolute atomic E-state index is 0.187. The van der Waals surface area contributed by atoms with E-state index in [0.717, 1.165) is 35.7 Å². The number of carbonyl (C=O) groups excluding carboxylic acids is 1. The van der Waals surface area contributed by atoms with E-state index >= 15 is 0 Å². The molecular formula is C14H15NO2. The number of nitrogens with zero attached hydrogens (tertiary/aromatic N) is 1. The lowest BCUT2D eigenvalue weighted by Gasteiger charge is -2.02. The molecule has 17 heavy (non-hydrogen) atoms. The highest BCUT2D eigenvalue weighted by Gasteiger charge is 2.04. The first-order valence-electron chi connectivity index (χ1n) is 5.67. The van der Waals surface area contributed by atoms with Crippen LogP contribution in [-0.4, -0.2) is 22.6 Å². The van der Waals surface area contributed by atoms with Crippen molar-refractivity contribution < 1.29 is 9.90 Å². The van der Waals surface area contributed by atoms with E-state index in [1.54, 1.807) is 0 Å². The molecule has 3 nitrogen and oxygen atoms in total. The summed E-state index contributed by atoms with van der Waals surface area (Å²) in [5.74, 6) is 0. The Morgan fingerprint density at radius 1 is 1.29 bits per heavy atom. The number of aldehydes is 1. The van der Waals surface area contributed by atoms with Crippen molar-refractivity contribution >= 4 is 23.3 Å². The Labute approximate surface area is 100.0 Å². The van der Waals surface area contributed by atoms with E-state index in [1.165, 1.54) is 6.08 Å². The maximum absolute atomic E-state index is 10.4. The number of aliphatic hydroxyl groups is 1. The molecule has 3 heteroatoms. The second-order valence-electron chi connectivity index (χ2n) is 3.87. The van der Waals surface area contributed by atoms with Crippen LogP contribution < -0.4 is 0 Å². The molecule has 0 amide bonds. The van der Waals surface area contributed by atoms with E-state index in [1.807, 2.05) is 36.5 Å². The van der Waals surface area contributed by atoms with E-state index in [0.29, 0.717) is 0 Å². The number of allylic oxidation sites excluding steroid dienone is 1. The van der Waals surface area contributed by atoms with Gasteiger partial charge in [0.1, 0.15) is 6.29 Å². The molecule has 1 N–H and O–H groups in total. The molecular weight excluding hydrogens is 214 g/mol. The third kappa shape index (κ3) is 2.45. The lowest BCUT2D eigenvalue weighted by Crippen LogP contribution is -1.97. The number of aryl methyl sites for hydroxylation is 1. The van der Waals surface area contributed by atoms with Crippen molar-refractivity contribution in [1.29, 1.82) is 0 Å². The molecule has 0 unspecified atom stereocenters. The Morgan fingerprint density at radius 3 is 2.88 bits per heavy atom. The lowest BCUT2D eigenvalue weighted by molar-refractivity contribution is -0.104. The van der Waals surface area contributed by atoms with E-state index in [4.69, 9.17) is 5.11 Å². The van der Waals surface area contributed by atoms with Crippen LogP contribution in [0.4, 0.5) is 0 Å². The number of carbonyl (C=O) groups is 1. The second kappa shape index (κ2) is 5.46. The molecule has 0 fully saturated rings. The quantitative estimate of drug-likeness (QED) is 0.631. The molecule has 88 valence electrons. The van der Waals surface area contributed by atoms with Crippen molar-refractivity contribution in [3.8, 4) is 0 Å². The lowest BCUT2D eigenvalue weighted by atomic mass is 10.2. The van der Waals surface area contributed by atoms with Gasteiger partial charge in [0.15, 0.2) is 0 Å². The summed E-state index contributed by atoms with van der Waals surface area (Å²) in [6.07, 6.45) is 6.83. The fourth-order valence-electron chi connectivity index (χ4n) is 1.98. The van der Waals surface area contributed by atoms with Gasteiger partial charge in [0.05, 0.1) is 0 Å². The molecule has 2 rings (SSSR count). The summed E-state index contributed by atoms with van der Waals surface area (Å²) in [6, 6.07) is 8.06. The first-order valence-corrected chi connectivity index (χ1v) is 5.67. The van der Waals surface area contributed by atoms with Crippen LogP contribution in [0.3, 0.4) is 0 Å². The fourth-order valence-corrected chi connectivity index (χ4v) is 1.98. The van der Waals surface area contributed by atoms with Gasteiger partial charge >= 0.3 is 0 Å². The zero-order chi connectivity index (χ0) is 12.1. The first kappa shape index (κ1) is 11.6. The van der Waals surface area contributed by atoms with Gasteiger partial charge in [-0.25, -0.2) is 0 Å². The molecule has 1 aromatic heterocycles. The molecule has 0 saturated carbocycles. The van der Waals surface area contributed by atoms with Gasteiger partial charge in [0, 0.05) is 35.8 Å². The first-order chi connectivity index (χ1) is 8.36. The van der Waals surface area contributed by atoms with Crippen LogP contribution in [0.1, 0.15) is 12.0 Å². The molecule has 0 bridgehead atoms. The van der Waals surface area contributed by atoms with Crippen molar-refractivity contribution in [3.05, 3.63) is 42.1 Å². The molecule has 0 aliphatic heterocycles. The summed E-state index contributed by atoms with van der Waals surface area (Å²) in [5, 5.41) is 10.0. The van der Waals surface area contributed by atoms with Gasteiger partial charge in [-0.15, -0.1) is 0 Å². The Balaban J connectivity index is 2.46. The van der Waals surface area contributed by atoms with E-state index in [9.17, 15) is 4.79 Å². The molecule has 0 radical (unpaired) electrons. The Kier molecular flexibility index (Phi) is 3.73. The standard InChI is InChI=1S/C14H15NO2/c16-9-3-5-12-11-15(8-4-10-17)14-7-2-1-6-13(12)14/h1-3,5-7,9,11,17H,4,8,10H2/b5-3+. The number of hydrogen-bond acceptors (Lipinski definition) is 2. The van der Waals surface area contributed by atoms with Crippen LogP contribution in [-0.2, 0) is 11.3 Å². The summed E-state index contributed by atoms with van der Waals surface area (Å²) in [5.41, 5.74) is 2.16. The third-order valence-electron chi connectivity index (χ3n) is 2.73. The van der Waals surface area contributed by atoms with Crippen molar-refractivity contribution in [3.63, 3.8) is 0 Å². The predicted molar refractivity (Wildman–Crippen MR) is 68.7 cm³/mol. The smallest absolute Gasteiger partial charge is 0.142 e. The molecule has 1 aromatic carbocycles. The molecule has 0 atom stereocenters. The van der Waals surface area contributed by atoms with E-state index in [-0.39, 0.29) is 6.61 Å². The van der Waals surface area contributed by atoms with Crippen LogP contribution >= 0.6 is 0 Å². The predicted octanol–water partition coefficient (Wildman–Crippen LogP) is 2.24. The average molecular weight is 229 g/mol. The molecule has 0 aliphatic rings. The number of aliphatic hydroxyl groups excluding tert-OH is 1. The van der Waals surface area contributed by atoms with Crippen molar-refractivity contribution in [2.24, 2.45) is 0 Å². The topological polar surface area (TPSA) is 42.2 Å². The van der Waals surface area contributed by atoms with Gasteiger partial charge in [-0.3, -0.25) is 4.79 Å². The monoisotopic (exact) mass is 229 g/mol. The maximum Gasteiger partial charge on any atom is 0.142 e. The highest BCUT2D eigenvalue weighted by molar-refractivity contribution is 5.91. The van der Waals surface area contributed by atoms with Crippen LogP contribution in [0.15, 0.2) is 36.5 Å². The Hall–Kier alpha value is -1.87. The summed E-state index contributed by atoms with van der Waals surface area (Å²) >= 11 is 0. The molecule has 0 saturated heterocycles. The number of fused-ring (bicyclic) bond motifs is 1. The molecule has 2 aromatic rings. The molecule has 0 aliphatic carbocycles. The van der Waals surface area contributed by atoms with Crippen LogP contribution in [0.2, 0.25) is 0 Å². The highest BCUT2D eigenvalue weighted by Crippen LogP contribution is 2.22. The largest absolute Gasteiger partial charge is 0.396 e. The zero-order valence-electron chi connectivity index (χ0n) is 9.54. The van der Waals surface area contributed by atoms with Gasteiger partial charge in [-0.1, -0.05) is 18.2 Å². The van der Waals surface area contributed by atoms with Crippen LogP contribution in [0.5, 0.6) is 0 Å². The summed E-state index contributed by atoms with van der Waals surface area (Å²) in [4.78, 5) is 10.4. The average Bonchev–Trinajstić information content (AvgIpc) is 2.72. The van der Waals surface area contributed by atoms with Crippen molar-refractivity contribution in [2.45, 2.75) is 13.0 Å². The minimum atomic E-state index is 0.187. The van der Waals surface area contributed by atoms with Crippen molar-refractivity contribution in [2.75, 3.05) is 6.61 Å². The van der Waals surface area contributed by atoms with E-state index < -0.39 is 0 Å². The number of benzene rings is 1. The fraction of sp³-hybridized carbons (Fsp3) is 0.214.